The number of halogens is 2. The Bertz CT molecular complexity index is 723. The van der Waals surface area contributed by atoms with Gasteiger partial charge in [0.1, 0.15) is 0 Å². The third kappa shape index (κ3) is 7.20. The maximum absolute atomic E-state index is 14.0. The first-order valence-electron chi connectivity index (χ1n) is 10.5. The number of carboxylic acid groups (broad SMARTS) is 1. The molecule has 30 heavy (non-hydrogen) atoms. The molecule has 0 radical (unpaired) electrons. The zero-order valence-electron chi connectivity index (χ0n) is 17.3. The highest BCUT2D eigenvalue weighted by molar-refractivity contribution is 5.86. The van der Waals surface area contributed by atoms with Crippen LogP contribution >= 0.6 is 0 Å². The molecule has 2 rings (SSSR count). The Balaban J connectivity index is 1.88. The molecule has 2 N–H and O–H groups in total. The van der Waals surface area contributed by atoms with Crippen molar-refractivity contribution >= 4 is 11.9 Å². The third-order valence-electron chi connectivity index (χ3n) is 5.49. The van der Waals surface area contributed by atoms with Gasteiger partial charge in [0, 0.05) is 19.4 Å². The summed E-state index contributed by atoms with van der Waals surface area (Å²) in [6.45, 7) is 2.09. The molecule has 0 unspecified atom stereocenters. The molecule has 5 nitrogen and oxygen atoms in total. The molecule has 1 fully saturated rings. The summed E-state index contributed by atoms with van der Waals surface area (Å²) in [4.78, 5) is 23.8. The van der Waals surface area contributed by atoms with Gasteiger partial charge in [-0.15, -0.1) is 0 Å². The number of rotatable bonds is 12. The van der Waals surface area contributed by atoms with Gasteiger partial charge in [0.25, 0.3) is 5.91 Å². The number of benzene rings is 1. The van der Waals surface area contributed by atoms with E-state index in [4.69, 9.17) is 5.11 Å². The molecular weight excluding hydrogens is 392 g/mol. The Hall–Kier alpha value is -2.28. The predicted molar refractivity (Wildman–Crippen MR) is 110 cm³/mol. The molecule has 1 heterocycles. The molecule has 7 heteroatoms. The minimum Gasteiger partial charge on any atom is -0.481 e. The highest BCUT2D eigenvalue weighted by Gasteiger charge is 2.52. The van der Waals surface area contributed by atoms with Crippen molar-refractivity contribution in [2.75, 3.05) is 6.54 Å². The van der Waals surface area contributed by atoms with Gasteiger partial charge in [-0.05, 0) is 30.7 Å². The van der Waals surface area contributed by atoms with Gasteiger partial charge in [-0.2, -0.15) is 8.78 Å². The zero-order chi connectivity index (χ0) is 22.1. The van der Waals surface area contributed by atoms with Crippen molar-refractivity contribution in [3.63, 3.8) is 0 Å². The standard InChI is InChI=1S/C23H31F2NO4/c1-17(15-18-9-5-4-6-10-18)20(27)13-12-19-16-23(24,25)22(30)26(19)14-8-3-2-7-11-21(28)29/h4-6,9-10,12-13,17,19-20,27H,2-3,7-8,11,14-16H2,1H3,(H,28,29)/t17-,19-,20+/m0/s1. The number of nitrogens with zero attached hydrogens (tertiary/aromatic N) is 1. The predicted octanol–water partition coefficient (Wildman–Crippen LogP) is 4.05. The smallest absolute Gasteiger partial charge is 0.327 e. The van der Waals surface area contributed by atoms with Crippen LogP contribution in [0.3, 0.4) is 0 Å². The van der Waals surface area contributed by atoms with E-state index in [0.29, 0.717) is 32.1 Å². The molecule has 1 amide bonds. The van der Waals surface area contributed by atoms with E-state index >= 15 is 0 Å². The van der Waals surface area contributed by atoms with Crippen LogP contribution in [-0.4, -0.2) is 51.6 Å². The Morgan fingerprint density at radius 3 is 2.57 bits per heavy atom. The van der Waals surface area contributed by atoms with Crippen molar-refractivity contribution in [3.05, 3.63) is 48.0 Å². The molecule has 0 spiro atoms. The summed E-state index contributed by atoms with van der Waals surface area (Å²) in [5, 5.41) is 19.0. The lowest BCUT2D eigenvalue weighted by Gasteiger charge is -2.22. The lowest BCUT2D eigenvalue weighted by molar-refractivity contribution is -0.148. The molecule has 166 valence electrons. The van der Waals surface area contributed by atoms with Crippen LogP contribution in [-0.2, 0) is 16.0 Å². The van der Waals surface area contributed by atoms with E-state index in [9.17, 15) is 23.5 Å². The van der Waals surface area contributed by atoms with Crippen molar-refractivity contribution in [2.45, 2.75) is 69.9 Å². The number of aliphatic hydroxyl groups excluding tert-OH is 1. The number of alkyl halides is 2. The number of hydrogen-bond donors (Lipinski definition) is 2. The van der Waals surface area contributed by atoms with E-state index in [1.54, 1.807) is 0 Å². The van der Waals surface area contributed by atoms with Gasteiger partial charge in [0.15, 0.2) is 0 Å². The number of aliphatic carboxylic acids is 1. The molecule has 0 aromatic heterocycles. The minimum atomic E-state index is -3.39. The number of unbranched alkanes of at least 4 members (excludes halogenated alkanes) is 3. The van der Waals surface area contributed by atoms with Crippen LogP contribution < -0.4 is 0 Å². The SMILES string of the molecule is C[C@@H](Cc1ccccc1)[C@H](O)C=C[C@H]1CC(F)(F)C(=O)N1CCCCCCC(=O)O. The van der Waals surface area contributed by atoms with E-state index in [1.807, 2.05) is 37.3 Å². The summed E-state index contributed by atoms with van der Waals surface area (Å²) in [6, 6.07) is 8.97. The Kier molecular flexibility index (Phi) is 8.96. The molecule has 0 aliphatic carbocycles. The van der Waals surface area contributed by atoms with Crippen molar-refractivity contribution in [1.29, 1.82) is 0 Å². The number of hydrogen-bond acceptors (Lipinski definition) is 3. The van der Waals surface area contributed by atoms with Gasteiger partial charge in [0.2, 0.25) is 0 Å². The Morgan fingerprint density at radius 1 is 1.23 bits per heavy atom. The highest BCUT2D eigenvalue weighted by Crippen LogP contribution is 2.34. The van der Waals surface area contributed by atoms with Gasteiger partial charge >= 0.3 is 11.9 Å². The molecule has 1 aromatic carbocycles. The second kappa shape index (κ2) is 11.2. The fourth-order valence-corrected chi connectivity index (χ4v) is 3.71. The quantitative estimate of drug-likeness (QED) is 0.393. The topological polar surface area (TPSA) is 77.8 Å². The van der Waals surface area contributed by atoms with Crippen LogP contribution in [0.2, 0.25) is 0 Å². The molecular formula is C23H31F2NO4. The van der Waals surface area contributed by atoms with Crippen LogP contribution in [0.15, 0.2) is 42.5 Å². The summed E-state index contributed by atoms with van der Waals surface area (Å²) in [7, 11) is 0. The fraction of sp³-hybridized carbons (Fsp3) is 0.565. The number of carbonyl (C=O) groups excluding carboxylic acids is 1. The third-order valence-corrected chi connectivity index (χ3v) is 5.49. The first kappa shape index (κ1) is 24.0. The maximum atomic E-state index is 14.0. The summed E-state index contributed by atoms with van der Waals surface area (Å²) in [5.74, 6) is -5.51. The maximum Gasteiger partial charge on any atom is 0.327 e. The van der Waals surface area contributed by atoms with Gasteiger partial charge in [-0.1, -0.05) is 62.2 Å². The monoisotopic (exact) mass is 423 g/mol. The summed E-state index contributed by atoms with van der Waals surface area (Å²) in [6.07, 6.45) is 4.84. The van der Waals surface area contributed by atoms with E-state index in [-0.39, 0.29) is 18.9 Å². The normalized spacial score (nSPS) is 20.6. The lowest BCUT2D eigenvalue weighted by Crippen LogP contribution is -2.36. The van der Waals surface area contributed by atoms with Crippen molar-refractivity contribution in [1.82, 2.24) is 4.90 Å². The van der Waals surface area contributed by atoms with Crippen molar-refractivity contribution in [3.8, 4) is 0 Å². The van der Waals surface area contributed by atoms with Crippen LogP contribution in [0, 0.1) is 5.92 Å². The van der Waals surface area contributed by atoms with Crippen molar-refractivity contribution < 1.29 is 28.6 Å². The van der Waals surface area contributed by atoms with Crippen LogP contribution in [0.25, 0.3) is 0 Å². The minimum absolute atomic E-state index is 0.0884. The molecule has 0 saturated carbocycles. The molecule has 0 bridgehead atoms. The van der Waals surface area contributed by atoms with Gasteiger partial charge in [-0.3, -0.25) is 9.59 Å². The van der Waals surface area contributed by atoms with Crippen LogP contribution in [0.5, 0.6) is 0 Å². The van der Waals surface area contributed by atoms with Gasteiger partial charge in [0.05, 0.1) is 12.1 Å². The van der Waals surface area contributed by atoms with E-state index in [1.165, 1.54) is 17.1 Å². The fourth-order valence-electron chi connectivity index (χ4n) is 3.71. The van der Waals surface area contributed by atoms with E-state index in [0.717, 1.165) is 5.56 Å². The first-order chi connectivity index (χ1) is 14.2. The molecule has 1 aliphatic heterocycles. The molecule has 3 atom stereocenters. The van der Waals surface area contributed by atoms with E-state index in [2.05, 4.69) is 0 Å². The van der Waals surface area contributed by atoms with Crippen LogP contribution in [0.4, 0.5) is 8.78 Å². The number of amides is 1. The average molecular weight is 424 g/mol. The highest BCUT2D eigenvalue weighted by atomic mass is 19.3. The number of carboxylic acids is 1. The zero-order valence-corrected chi connectivity index (χ0v) is 17.3. The average Bonchev–Trinajstić information content (AvgIpc) is 2.92. The number of likely N-dealkylation sites (tertiary alicyclic amines) is 1. The molecule has 1 aliphatic rings. The second-order valence-corrected chi connectivity index (χ2v) is 8.07. The van der Waals surface area contributed by atoms with Crippen molar-refractivity contribution in [2.24, 2.45) is 5.92 Å². The summed E-state index contributed by atoms with van der Waals surface area (Å²) < 4.78 is 27.9. The van der Waals surface area contributed by atoms with Gasteiger partial charge < -0.3 is 15.1 Å². The summed E-state index contributed by atoms with van der Waals surface area (Å²) >= 11 is 0. The molecule has 1 saturated heterocycles. The number of carbonyl (C=O) groups is 2. The summed E-state index contributed by atoms with van der Waals surface area (Å²) in [5.41, 5.74) is 1.09. The largest absolute Gasteiger partial charge is 0.481 e. The Labute approximate surface area is 176 Å². The second-order valence-electron chi connectivity index (χ2n) is 8.07. The first-order valence-corrected chi connectivity index (χ1v) is 10.5. The van der Waals surface area contributed by atoms with Gasteiger partial charge in [-0.25, -0.2) is 0 Å². The van der Waals surface area contributed by atoms with E-state index < -0.39 is 36.4 Å². The lowest BCUT2D eigenvalue weighted by atomic mass is 9.95. The number of aliphatic hydroxyl groups is 1. The Morgan fingerprint density at radius 2 is 1.90 bits per heavy atom. The van der Waals surface area contributed by atoms with Crippen LogP contribution in [0.1, 0.15) is 51.0 Å². The molecule has 1 aromatic rings.